The normalized spacial score (nSPS) is 43.3. The molecule has 4 nitrogen and oxygen atoms in total. The minimum absolute atomic E-state index is 0.105. The first-order chi connectivity index (χ1) is 14.0. The Morgan fingerprint density at radius 3 is 2.76 bits per heavy atom. The molecule has 4 bridgehead atoms. The molecule has 5 fully saturated rings. The third-order valence-electron chi connectivity index (χ3n) is 8.60. The summed E-state index contributed by atoms with van der Waals surface area (Å²) in [6.45, 7) is 3.74. The van der Waals surface area contributed by atoms with Gasteiger partial charge < -0.3 is 15.7 Å². The first-order valence-electron chi connectivity index (χ1n) is 11.7. The van der Waals surface area contributed by atoms with E-state index in [0.717, 1.165) is 32.2 Å². The van der Waals surface area contributed by atoms with Crippen LogP contribution in [0.2, 0.25) is 0 Å². The Morgan fingerprint density at radius 2 is 2.00 bits per heavy atom. The van der Waals surface area contributed by atoms with Gasteiger partial charge in [-0.1, -0.05) is 43.7 Å². The fourth-order valence-corrected chi connectivity index (χ4v) is 8.15. The molecule has 2 unspecified atom stereocenters. The number of β-amino-alcohol motifs (C(OH)–C–C–N with tert-alkyl or cyclic N) is 1. The van der Waals surface area contributed by atoms with Gasteiger partial charge in [-0.05, 0) is 80.2 Å². The molecule has 1 aromatic carbocycles. The number of hydrogen-bond donors (Lipinski definition) is 3. The zero-order valence-corrected chi connectivity index (χ0v) is 17.8. The van der Waals surface area contributed by atoms with Gasteiger partial charge in [-0.3, -0.25) is 4.79 Å². The number of nitrogens with one attached hydrogen (secondary N) is 2. The van der Waals surface area contributed by atoms with E-state index in [1.807, 2.05) is 0 Å². The zero-order valence-electron chi connectivity index (χ0n) is 17.8. The molecule has 6 atom stereocenters. The number of carbonyl (C=O) groups is 1. The van der Waals surface area contributed by atoms with Gasteiger partial charge in [0.05, 0.1) is 17.6 Å². The minimum atomic E-state index is -0.478. The number of hydrogen-bond acceptors (Lipinski definition) is 3. The summed E-state index contributed by atoms with van der Waals surface area (Å²) < 4.78 is 0. The third-order valence-corrected chi connectivity index (χ3v) is 8.60. The maximum Gasteiger partial charge on any atom is 0.226 e. The fourth-order valence-electron chi connectivity index (χ4n) is 8.15. The van der Waals surface area contributed by atoms with Crippen LogP contribution in [-0.4, -0.2) is 36.2 Å². The van der Waals surface area contributed by atoms with Crippen molar-refractivity contribution in [2.24, 2.45) is 16.7 Å². The lowest BCUT2D eigenvalue weighted by Gasteiger charge is -2.66. The molecule has 4 saturated carbocycles. The SMILES string of the molecule is CCC[C@]12CC3CC(C(=O)N[C@@H]4CCNC[C@H]4O)(C1)C[C@@](c1ccccc1)(C3)C2. The van der Waals surface area contributed by atoms with Gasteiger partial charge in [-0.2, -0.15) is 0 Å². The van der Waals surface area contributed by atoms with E-state index in [2.05, 4.69) is 47.9 Å². The van der Waals surface area contributed by atoms with E-state index in [4.69, 9.17) is 0 Å². The van der Waals surface area contributed by atoms with Crippen LogP contribution in [0.3, 0.4) is 0 Å². The van der Waals surface area contributed by atoms with Crippen molar-refractivity contribution in [3.63, 3.8) is 0 Å². The highest BCUT2D eigenvalue weighted by Crippen LogP contribution is 2.71. The Bertz CT molecular complexity index is 767. The summed E-state index contributed by atoms with van der Waals surface area (Å²) in [4.78, 5) is 13.8. The van der Waals surface area contributed by atoms with E-state index in [9.17, 15) is 9.90 Å². The van der Waals surface area contributed by atoms with Crippen LogP contribution in [0.25, 0.3) is 0 Å². The molecule has 1 aliphatic heterocycles. The average Bonchev–Trinajstić information content (AvgIpc) is 2.69. The second-order valence-electron chi connectivity index (χ2n) is 10.8. The van der Waals surface area contributed by atoms with Gasteiger partial charge in [0.15, 0.2) is 0 Å². The monoisotopic (exact) mass is 396 g/mol. The molecule has 1 amide bonds. The van der Waals surface area contributed by atoms with Gasteiger partial charge in [0.2, 0.25) is 5.91 Å². The van der Waals surface area contributed by atoms with Crippen molar-refractivity contribution in [3.05, 3.63) is 35.9 Å². The first-order valence-corrected chi connectivity index (χ1v) is 11.7. The largest absolute Gasteiger partial charge is 0.390 e. The van der Waals surface area contributed by atoms with Crippen LogP contribution in [-0.2, 0) is 10.2 Å². The zero-order chi connectivity index (χ0) is 20.1. The first kappa shape index (κ1) is 19.6. The fraction of sp³-hybridized carbons (Fsp3) is 0.720. The van der Waals surface area contributed by atoms with Gasteiger partial charge in [0.1, 0.15) is 0 Å². The van der Waals surface area contributed by atoms with Gasteiger partial charge in [-0.15, -0.1) is 0 Å². The van der Waals surface area contributed by atoms with Gasteiger partial charge in [0, 0.05) is 6.54 Å². The van der Waals surface area contributed by atoms with Gasteiger partial charge >= 0.3 is 0 Å². The van der Waals surface area contributed by atoms with Crippen LogP contribution in [0, 0.1) is 16.7 Å². The number of aliphatic hydroxyl groups is 1. The molecule has 5 aliphatic rings. The van der Waals surface area contributed by atoms with Crippen molar-refractivity contribution in [3.8, 4) is 0 Å². The second-order valence-corrected chi connectivity index (χ2v) is 10.8. The van der Waals surface area contributed by atoms with E-state index in [1.165, 1.54) is 37.7 Å². The van der Waals surface area contributed by atoms with Crippen molar-refractivity contribution in [1.82, 2.24) is 10.6 Å². The topological polar surface area (TPSA) is 61.4 Å². The molecule has 0 aromatic heterocycles. The summed E-state index contributed by atoms with van der Waals surface area (Å²) >= 11 is 0. The summed E-state index contributed by atoms with van der Waals surface area (Å²) in [5, 5.41) is 16.9. The number of piperidine rings is 1. The maximum atomic E-state index is 13.8. The Balaban J connectivity index is 1.48. The summed E-state index contributed by atoms with van der Waals surface area (Å²) in [5.74, 6) is 0.884. The lowest BCUT2D eigenvalue weighted by atomic mass is 9.37. The van der Waals surface area contributed by atoms with Crippen molar-refractivity contribution < 1.29 is 9.90 Å². The Hall–Kier alpha value is -1.39. The summed E-state index contributed by atoms with van der Waals surface area (Å²) in [6, 6.07) is 10.9. The van der Waals surface area contributed by atoms with E-state index >= 15 is 0 Å². The van der Waals surface area contributed by atoms with Crippen LogP contribution in [0.1, 0.15) is 70.3 Å². The van der Waals surface area contributed by atoms with E-state index in [0.29, 0.717) is 17.9 Å². The van der Waals surface area contributed by atoms with Gasteiger partial charge in [-0.25, -0.2) is 0 Å². The molecule has 29 heavy (non-hydrogen) atoms. The molecule has 158 valence electrons. The lowest BCUT2D eigenvalue weighted by molar-refractivity contribution is -0.165. The molecule has 1 heterocycles. The van der Waals surface area contributed by atoms with Crippen LogP contribution < -0.4 is 10.6 Å². The molecule has 1 saturated heterocycles. The predicted octanol–water partition coefficient (Wildman–Crippen LogP) is 3.53. The number of carbonyl (C=O) groups excluding carboxylic acids is 1. The Kier molecular flexibility index (Phi) is 4.78. The summed E-state index contributed by atoms with van der Waals surface area (Å²) in [7, 11) is 0. The van der Waals surface area contributed by atoms with Gasteiger partial charge in [0.25, 0.3) is 0 Å². The van der Waals surface area contributed by atoms with E-state index in [-0.39, 0.29) is 22.8 Å². The average molecular weight is 397 g/mol. The Labute approximate surface area is 174 Å². The molecule has 0 spiro atoms. The standard InChI is InChI=1S/C25H36N2O2/c1-2-9-23-11-18-12-24(15-23,19-6-4-3-5-7-19)17-25(13-18,16-23)22(29)27-20-8-10-26-14-21(20)28/h3-7,18,20-21,26,28H,2,8-17H2,1H3,(H,27,29)/t18?,20-,21-,23-,24-,25?/m1/s1. The predicted molar refractivity (Wildman–Crippen MR) is 115 cm³/mol. The van der Waals surface area contributed by atoms with Crippen molar-refractivity contribution >= 4 is 5.91 Å². The Morgan fingerprint density at radius 1 is 1.17 bits per heavy atom. The molecule has 4 heteroatoms. The third kappa shape index (κ3) is 3.23. The van der Waals surface area contributed by atoms with Crippen molar-refractivity contribution in [2.45, 2.75) is 82.3 Å². The maximum absolute atomic E-state index is 13.8. The minimum Gasteiger partial charge on any atom is -0.390 e. The highest BCUT2D eigenvalue weighted by atomic mass is 16.3. The number of rotatable bonds is 5. The molecule has 1 aromatic rings. The summed E-state index contributed by atoms with van der Waals surface area (Å²) in [6.07, 6.45) is 9.65. The van der Waals surface area contributed by atoms with Crippen LogP contribution in [0.5, 0.6) is 0 Å². The highest BCUT2D eigenvalue weighted by molar-refractivity contribution is 5.84. The van der Waals surface area contributed by atoms with E-state index in [1.54, 1.807) is 0 Å². The second kappa shape index (κ2) is 7.09. The molecule has 0 radical (unpaired) electrons. The molecular weight excluding hydrogens is 360 g/mol. The lowest BCUT2D eigenvalue weighted by Crippen LogP contribution is -2.64. The quantitative estimate of drug-likeness (QED) is 0.713. The smallest absolute Gasteiger partial charge is 0.226 e. The van der Waals surface area contributed by atoms with Crippen molar-refractivity contribution in [1.29, 1.82) is 0 Å². The molecule has 6 rings (SSSR count). The molecule has 3 N–H and O–H groups in total. The summed E-state index contributed by atoms with van der Waals surface area (Å²) in [5.41, 5.74) is 1.66. The van der Waals surface area contributed by atoms with Crippen LogP contribution in [0.15, 0.2) is 30.3 Å². The van der Waals surface area contributed by atoms with E-state index < -0.39 is 6.10 Å². The number of amides is 1. The van der Waals surface area contributed by atoms with Crippen LogP contribution in [0.4, 0.5) is 0 Å². The molecular formula is C25H36N2O2. The van der Waals surface area contributed by atoms with Crippen molar-refractivity contribution in [2.75, 3.05) is 13.1 Å². The number of aliphatic hydroxyl groups excluding tert-OH is 1. The van der Waals surface area contributed by atoms with Crippen LogP contribution >= 0.6 is 0 Å². The number of benzene rings is 1. The molecule has 4 aliphatic carbocycles. The highest BCUT2D eigenvalue weighted by Gasteiger charge is 2.65.